The first-order chi connectivity index (χ1) is 8.54. The van der Waals surface area contributed by atoms with Gasteiger partial charge in [0.25, 0.3) is 10.0 Å². The van der Waals surface area contributed by atoms with Gasteiger partial charge in [-0.3, -0.25) is 0 Å². The van der Waals surface area contributed by atoms with Crippen LogP contribution in [0.4, 0.5) is 0 Å². The Labute approximate surface area is 124 Å². The number of rotatable bonds is 4. The van der Waals surface area contributed by atoms with E-state index in [0.717, 1.165) is 13.0 Å². The van der Waals surface area contributed by atoms with Crippen molar-refractivity contribution < 1.29 is 13.2 Å². The summed E-state index contributed by atoms with van der Waals surface area (Å²) in [5.74, 6) is 0.746. The molecule has 2 N–H and O–H groups in total. The van der Waals surface area contributed by atoms with Gasteiger partial charge in [-0.2, -0.15) is 0 Å². The molecular formula is C11H19ClN2O3S2. The van der Waals surface area contributed by atoms with E-state index in [1.54, 1.807) is 11.4 Å². The van der Waals surface area contributed by atoms with E-state index in [1.165, 1.54) is 18.4 Å². The fraction of sp³-hybridized carbons (Fsp3) is 0.636. The second-order valence-electron chi connectivity index (χ2n) is 4.47. The van der Waals surface area contributed by atoms with Crippen LogP contribution in [0.1, 0.15) is 13.3 Å². The molecule has 19 heavy (non-hydrogen) atoms. The van der Waals surface area contributed by atoms with Crippen molar-refractivity contribution in [3.63, 3.8) is 0 Å². The number of piperidine rings is 1. The Morgan fingerprint density at radius 2 is 2.26 bits per heavy atom. The highest BCUT2D eigenvalue weighted by Crippen LogP contribution is 2.30. The van der Waals surface area contributed by atoms with Crippen LogP contribution in [-0.2, 0) is 10.0 Å². The number of hydrogen-bond acceptors (Lipinski definition) is 5. The molecule has 2 heterocycles. The minimum Gasteiger partial charge on any atom is -0.494 e. The zero-order valence-electron chi connectivity index (χ0n) is 10.9. The van der Waals surface area contributed by atoms with E-state index < -0.39 is 10.0 Å². The van der Waals surface area contributed by atoms with Gasteiger partial charge in [0.05, 0.1) is 7.11 Å². The SMILES string of the molecule is COc1ccsc1S(=O)(=O)NC1CNCCC1C.Cl. The average Bonchev–Trinajstić information content (AvgIpc) is 2.81. The fourth-order valence-corrected chi connectivity index (χ4v) is 4.67. The van der Waals surface area contributed by atoms with Crippen LogP contribution in [0.2, 0.25) is 0 Å². The van der Waals surface area contributed by atoms with Crippen LogP contribution in [0.15, 0.2) is 15.7 Å². The van der Waals surface area contributed by atoms with Crippen LogP contribution in [0, 0.1) is 5.92 Å². The minimum absolute atomic E-state index is 0. The lowest BCUT2D eigenvalue weighted by Crippen LogP contribution is -2.49. The van der Waals surface area contributed by atoms with Gasteiger partial charge in [0.15, 0.2) is 4.21 Å². The van der Waals surface area contributed by atoms with Gasteiger partial charge in [0, 0.05) is 12.6 Å². The average molecular weight is 327 g/mol. The molecule has 0 amide bonds. The molecule has 8 heteroatoms. The van der Waals surface area contributed by atoms with Crippen LogP contribution in [-0.4, -0.2) is 34.7 Å². The first-order valence-electron chi connectivity index (χ1n) is 5.89. The predicted molar refractivity (Wildman–Crippen MR) is 78.9 cm³/mol. The molecule has 110 valence electrons. The third-order valence-electron chi connectivity index (χ3n) is 3.19. The van der Waals surface area contributed by atoms with Crippen molar-refractivity contribution in [2.75, 3.05) is 20.2 Å². The first-order valence-corrected chi connectivity index (χ1v) is 8.25. The summed E-state index contributed by atoms with van der Waals surface area (Å²) in [5.41, 5.74) is 0. The maximum atomic E-state index is 12.3. The Morgan fingerprint density at radius 1 is 1.53 bits per heavy atom. The third-order valence-corrected chi connectivity index (χ3v) is 6.13. The summed E-state index contributed by atoms with van der Waals surface area (Å²) < 4.78 is 32.6. The summed E-state index contributed by atoms with van der Waals surface area (Å²) in [6.07, 6.45) is 0.981. The van der Waals surface area contributed by atoms with E-state index in [-0.39, 0.29) is 22.7 Å². The standard InChI is InChI=1S/C11H18N2O3S2.ClH/c1-8-3-5-12-7-9(8)13-18(14,15)11-10(16-2)4-6-17-11;/h4,6,8-9,12-13H,3,5,7H2,1-2H3;1H. The number of nitrogens with one attached hydrogen (secondary N) is 2. The molecule has 0 saturated carbocycles. The molecule has 0 radical (unpaired) electrons. The highest BCUT2D eigenvalue weighted by Gasteiger charge is 2.29. The molecule has 1 aliphatic heterocycles. The number of hydrogen-bond donors (Lipinski definition) is 2. The second kappa shape index (κ2) is 6.90. The summed E-state index contributed by atoms with van der Waals surface area (Å²) in [4.78, 5) is 0. The molecule has 0 spiro atoms. The van der Waals surface area contributed by atoms with Crippen LogP contribution in [0.25, 0.3) is 0 Å². The van der Waals surface area contributed by atoms with E-state index in [1.807, 2.05) is 0 Å². The Hall–Kier alpha value is -0.340. The van der Waals surface area contributed by atoms with Gasteiger partial charge < -0.3 is 10.1 Å². The summed E-state index contributed by atoms with van der Waals surface area (Å²) in [6, 6.07) is 1.61. The van der Waals surface area contributed by atoms with E-state index >= 15 is 0 Å². The van der Waals surface area contributed by atoms with Gasteiger partial charge >= 0.3 is 0 Å². The number of methoxy groups -OCH3 is 1. The van der Waals surface area contributed by atoms with Gasteiger partial charge in [-0.25, -0.2) is 13.1 Å². The Balaban J connectivity index is 0.00000180. The van der Waals surface area contributed by atoms with Gasteiger partial charge in [-0.15, -0.1) is 23.7 Å². The molecule has 2 unspecified atom stereocenters. The smallest absolute Gasteiger partial charge is 0.254 e. The van der Waals surface area contributed by atoms with Crippen LogP contribution in [0.3, 0.4) is 0 Å². The maximum Gasteiger partial charge on any atom is 0.254 e. The van der Waals surface area contributed by atoms with Crippen molar-refractivity contribution in [1.82, 2.24) is 10.0 Å². The van der Waals surface area contributed by atoms with E-state index in [4.69, 9.17) is 4.74 Å². The molecule has 0 aromatic carbocycles. The quantitative estimate of drug-likeness (QED) is 0.879. The molecule has 2 atom stereocenters. The molecule has 5 nitrogen and oxygen atoms in total. The molecule has 0 bridgehead atoms. The van der Waals surface area contributed by atoms with Gasteiger partial charge in [-0.05, 0) is 30.3 Å². The number of ether oxygens (including phenoxy) is 1. The first kappa shape index (κ1) is 16.7. The van der Waals surface area contributed by atoms with Crippen molar-refractivity contribution in [2.24, 2.45) is 5.92 Å². The highest BCUT2D eigenvalue weighted by atomic mass is 35.5. The Kier molecular flexibility index (Phi) is 6.07. The highest BCUT2D eigenvalue weighted by molar-refractivity contribution is 7.91. The van der Waals surface area contributed by atoms with Crippen molar-refractivity contribution in [3.05, 3.63) is 11.4 Å². The number of sulfonamides is 1. The van der Waals surface area contributed by atoms with Gasteiger partial charge in [0.1, 0.15) is 5.75 Å². The van der Waals surface area contributed by atoms with E-state index in [2.05, 4.69) is 17.0 Å². The number of halogens is 1. The summed E-state index contributed by atoms with van der Waals surface area (Å²) in [7, 11) is -2.01. The van der Waals surface area contributed by atoms with Gasteiger partial charge in [-0.1, -0.05) is 6.92 Å². The van der Waals surface area contributed by atoms with Crippen LogP contribution >= 0.6 is 23.7 Å². The third kappa shape index (κ3) is 3.82. The molecule has 1 aromatic rings. The molecule has 1 saturated heterocycles. The van der Waals surface area contributed by atoms with Gasteiger partial charge in [0.2, 0.25) is 0 Å². The van der Waals surface area contributed by atoms with Crippen molar-refractivity contribution >= 4 is 33.8 Å². The largest absolute Gasteiger partial charge is 0.494 e. The molecular weight excluding hydrogens is 308 g/mol. The topological polar surface area (TPSA) is 67.4 Å². The normalized spacial score (nSPS) is 23.7. The molecule has 0 aliphatic carbocycles. The van der Waals surface area contributed by atoms with Crippen molar-refractivity contribution in [1.29, 1.82) is 0 Å². The summed E-state index contributed by atoms with van der Waals surface area (Å²) in [5, 5.41) is 4.93. The lowest BCUT2D eigenvalue weighted by atomic mass is 9.96. The van der Waals surface area contributed by atoms with E-state index in [0.29, 0.717) is 18.2 Å². The lowest BCUT2D eigenvalue weighted by Gasteiger charge is -2.29. The predicted octanol–water partition coefficient (Wildman–Crippen LogP) is 1.45. The molecule has 1 fully saturated rings. The fourth-order valence-electron chi connectivity index (χ4n) is 2.03. The summed E-state index contributed by atoms with van der Waals surface area (Å²) in [6.45, 7) is 3.69. The molecule has 2 rings (SSSR count). The Bertz CT molecular complexity index is 504. The lowest BCUT2D eigenvalue weighted by molar-refractivity contribution is 0.327. The second-order valence-corrected chi connectivity index (χ2v) is 7.30. The molecule has 1 aliphatic rings. The monoisotopic (exact) mass is 326 g/mol. The summed E-state index contributed by atoms with van der Waals surface area (Å²) >= 11 is 1.18. The zero-order chi connectivity index (χ0) is 13.2. The van der Waals surface area contributed by atoms with Crippen molar-refractivity contribution in [3.8, 4) is 5.75 Å². The zero-order valence-corrected chi connectivity index (χ0v) is 13.3. The number of thiophene rings is 1. The Morgan fingerprint density at radius 3 is 2.89 bits per heavy atom. The van der Waals surface area contributed by atoms with Crippen LogP contribution in [0.5, 0.6) is 5.75 Å². The molecule has 1 aromatic heterocycles. The maximum absolute atomic E-state index is 12.3. The van der Waals surface area contributed by atoms with E-state index in [9.17, 15) is 8.42 Å². The minimum atomic E-state index is -3.49. The van der Waals surface area contributed by atoms with Crippen molar-refractivity contribution in [2.45, 2.75) is 23.6 Å². The van der Waals surface area contributed by atoms with Crippen LogP contribution < -0.4 is 14.8 Å².